The second kappa shape index (κ2) is 9.00. The molecule has 1 unspecified atom stereocenters. The van der Waals surface area contributed by atoms with Crippen LogP contribution in [0.1, 0.15) is 41.9 Å². The van der Waals surface area contributed by atoms with Crippen molar-refractivity contribution in [2.75, 3.05) is 28.4 Å². The molecule has 28 heavy (non-hydrogen) atoms. The third-order valence-electron chi connectivity index (χ3n) is 5.54. The molecule has 5 heteroatoms. The van der Waals surface area contributed by atoms with E-state index in [1.54, 1.807) is 26.2 Å². The summed E-state index contributed by atoms with van der Waals surface area (Å²) in [6.07, 6.45) is 3.73. The van der Waals surface area contributed by atoms with Crippen LogP contribution in [0.15, 0.2) is 36.4 Å². The second-order valence-electron chi connectivity index (χ2n) is 7.29. The zero-order chi connectivity index (χ0) is 20.1. The summed E-state index contributed by atoms with van der Waals surface area (Å²) in [5.41, 5.74) is 3.56. The van der Waals surface area contributed by atoms with Crippen LogP contribution in [0.25, 0.3) is 0 Å². The van der Waals surface area contributed by atoms with Crippen LogP contribution >= 0.6 is 0 Å². The van der Waals surface area contributed by atoms with Gasteiger partial charge in [-0.1, -0.05) is 6.07 Å². The first-order valence-electron chi connectivity index (χ1n) is 9.67. The van der Waals surface area contributed by atoms with Gasteiger partial charge in [-0.3, -0.25) is 4.79 Å². The summed E-state index contributed by atoms with van der Waals surface area (Å²) in [5, 5.41) is 0. The maximum absolute atomic E-state index is 12.9. The highest BCUT2D eigenvalue weighted by molar-refractivity contribution is 5.77. The predicted octanol–water partition coefficient (Wildman–Crippen LogP) is 4.18. The number of fused-ring (bicyclic) bond motifs is 1. The van der Waals surface area contributed by atoms with Crippen LogP contribution in [0.5, 0.6) is 17.2 Å². The van der Waals surface area contributed by atoms with Gasteiger partial charge >= 0.3 is 0 Å². The van der Waals surface area contributed by atoms with Gasteiger partial charge in [-0.2, -0.15) is 0 Å². The Kier molecular flexibility index (Phi) is 6.45. The molecule has 0 bridgehead atoms. The number of hydrogen-bond acceptors (Lipinski definition) is 4. The molecule has 1 atom stereocenters. The molecule has 2 aromatic rings. The van der Waals surface area contributed by atoms with Gasteiger partial charge in [0.2, 0.25) is 5.91 Å². The van der Waals surface area contributed by atoms with Gasteiger partial charge in [-0.05, 0) is 60.6 Å². The zero-order valence-corrected chi connectivity index (χ0v) is 17.2. The molecule has 2 aromatic carbocycles. The molecule has 3 rings (SSSR count). The molecule has 0 spiro atoms. The third-order valence-corrected chi connectivity index (χ3v) is 5.54. The average molecular weight is 383 g/mol. The molecule has 0 aliphatic heterocycles. The number of carbonyl (C=O) groups is 1. The minimum Gasteiger partial charge on any atom is -0.497 e. The second-order valence-corrected chi connectivity index (χ2v) is 7.29. The first kappa shape index (κ1) is 20.1. The Hall–Kier alpha value is -2.69. The summed E-state index contributed by atoms with van der Waals surface area (Å²) in [6, 6.07) is 11.9. The van der Waals surface area contributed by atoms with Crippen LogP contribution in [0.2, 0.25) is 0 Å². The van der Waals surface area contributed by atoms with E-state index < -0.39 is 0 Å². The van der Waals surface area contributed by atoms with Crippen LogP contribution < -0.4 is 14.2 Å². The van der Waals surface area contributed by atoms with Gasteiger partial charge in [-0.15, -0.1) is 0 Å². The fourth-order valence-corrected chi connectivity index (χ4v) is 3.92. The minimum absolute atomic E-state index is 0.145. The number of methoxy groups -OCH3 is 3. The Balaban J connectivity index is 1.69. The van der Waals surface area contributed by atoms with Crippen LogP contribution in [0, 0.1) is 0 Å². The summed E-state index contributed by atoms with van der Waals surface area (Å²) in [5.74, 6) is 2.77. The topological polar surface area (TPSA) is 48.0 Å². The summed E-state index contributed by atoms with van der Waals surface area (Å²) < 4.78 is 16.0. The fourth-order valence-electron chi connectivity index (χ4n) is 3.92. The highest BCUT2D eigenvalue weighted by Crippen LogP contribution is 2.36. The van der Waals surface area contributed by atoms with Crippen LogP contribution in [0.4, 0.5) is 0 Å². The predicted molar refractivity (Wildman–Crippen MR) is 109 cm³/mol. The Morgan fingerprint density at radius 1 is 1.04 bits per heavy atom. The lowest BCUT2D eigenvalue weighted by molar-refractivity contribution is -0.130. The highest BCUT2D eigenvalue weighted by Gasteiger charge is 2.24. The van der Waals surface area contributed by atoms with Gasteiger partial charge in [0, 0.05) is 31.6 Å². The smallest absolute Gasteiger partial charge is 0.223 e. The molecule has 0 saturated carbocycles. The van der Waals surface area contributed by atoms with E-state index in [9.17, 15) is 4.79 Å². The summed E-state index contributed by atoms with van der Waals surface area (Å²) in [7, 11) is 6.80. The number of carbonyl (C=O) groups excluding carboxylic acids is 1. The van der Waals surface area contributed by atoms with E-state index in [1.807, 2.05) is 31.3 Å². The standard InChI is InChI=1S/C23H29NO4/c1-24(15-18-8-9-20(27-3)14-22(18)28-4)23(25)13-17-7-5-6-16-12-19(26-2)10-11-21(16)17/h8-12,14,17H,5-7,13,15H2,1-4H3. The maximum Gasteiger partial charge on any atom is 0.223 e. The number of nitrogens with zero attached hydrogens (tertiary/aromatic N) is 1. The Labute approximate surface area is 167 Å². The van der Waals surface area contributed by atoms with Crippen LogP contribution in [0.3, 0.4) is 0 Å². The largest absolute Gasteiger partial charge is 0.497 e. The van der Waals surface area contributed by atoms with Crippen LogP contribution in [-0.2, 0) is 17.8 Å². The van der Waals surface area contributed by atoms with Gasteiger partial charge in [0.1, 0.15) is 17.2 Å². The van der Waals surface area contributed by atoms with Gasteiger partial charge < -0.3 is 19.1 Å². The van der Waals surface area contributed by atoms with E-state index in [4.69, 9.17) is 14.2 Å². The Bertz CT molecular complexity index is 833. The fraction of sp³-hybridized carbons (Fsp3) is 0.435. The van der Waals surface area contributed by atoms with Gasteiger partial charge in [-0.25, -0.2) is 0 Å². The zero-order valence-electron chi connectivity index (χ0n) is 17.2. The monoisotopic (exact) mass is 383 g/mol. The molecule has 1 aliphatic carbocycles. The number of aryl methyl sites for hydroxylation is 1. The molecule has 0 N–H and O–H groups in total. The van der Waals surface area contributed by atoms with E-state index in [1.165, 1.54) is 11.1 Å². The van der Waals surface area contributed by atoms with Crippen molar-refractivity contribution in [2.24, 2.45) is 0 Å². The number of ether oxygens (including phenoxy) is 3. The van der Waals surface area contributed by atoms with E-state index in [0.717, 1.165) is 42.1 Å². The third kappa shape index (κ3) is 4.41. The molecular formula is C23H29NO4. The van der Waals surface area contributed by atoms with Gasteiger partial charge in [0.05, 0.1) is 21.3 Å². The highest BCUT2D eigenvalue weighted by atomic mass is 16.5. The van der Waals surface area contributed by atoms with Crippen molar-refractivity contribution < 1.29 is 19.0 Å². The molecule has 1 aliphatic rings. The number of rotatable bonds is 7. The Morgan fingerprint density at radius 3 is 2.46 bits per heavy atom. The average Bonchev–Trinajstić information content (AvgIpc) is 2.73. The van der Waals surface area contributed by atoms with Crippen molar-refractivity contribution in [1.29, 1.82) is 0 Å². The first-order valence-corrected chi connectivity index (χ1v) is 9.67. The van der Waals surface area contributed by atoms with Crippen molar-refractivity contribution in [1.82, 2.24) is 4.90 Å². The van der Waals surface area contributed by atoms with E-state index in [-0.39, 0.29) is 11.8 Å². The summed E-state index contributed by atoms with van der Waals surface area (Å²) in [4.78, 5) is 14.7. The summed E-state index contributed by atoms with van der Waals surface area (Å²) in [6.45, 7) is 0.508. The first-order chi connectivity index (χ1) is 13.5. The van der Waals surface area contributed by atoms with Crippen molar-refractivity contribution in [3.05, 3.63) is 53.1 Å². The van der Waals surface area contributed by atoms with Gasteiger partial charge in [0.15, 0.2) is 0 Å². The van der Waals surface area contributed by atoms with Crippen LogP contribution in [-0.4, -0.2) is 39.2 Å². The van der Waals surface area contributed by atoms with Crippen molar-refractivity contribution in [2.45, 2.75) is 38.1 Å². The lowest BCUT2D eigenvalue weighted by atomic mass is 9.80. The van der Waals surface area contributed by atoms with E-state index >= 15 is 0 Å². The molecule has 0 fully saturated rings. The molecule has 0 aromatic heterocycles. The number of benzene rings is 2. The lowest BCUT2D eigenvalue weighted by Crippen LogP contribution is -2.28. The molecular weight excluding hydrogens is 354 g/mol. The maximum atomic E-state index is 12.9. The van der Waals surface area contributed by atoms with Crippen molar-refractivity contribution in [3.63, 3.8) is 0 Å². The van der Waals surface area contributed by atoms with Gasteiger partial charge in [0.25, 0.3) is 0 Å². The molecule has 0 saturated heterocycles. The molecule has 0 heterocycles. The van der Waals surface area contributed by atoms with E-state index in [2.05, 4.69) is 12.1 Å². The summed E-state index contributed by atoms with van der Waals surface area (Å²) >= 11 is 0. The quantitative estimate of drug-likeness (QED) is 0.720. The number of amides is 1. The Morgan fingerprint density at radius 2 is 1.75 bits per heavy atom. The minimum atomic E-state index is 0.145. The normalized spacial score (nSPS) is 15.5. The SMILES string of the molecule is COc1ccc2c(c1)CCCC2CC(=O)N(C)Cc1ccc(OC)cc1OC. The molecule has 5 nitrogen and oxygen atoms in total. The number of hydrogen-bond donors (Lipinski definition) is 0. The lowest BCUT2D eigenvalue weighted by Gasteiger charge is -2.27. The van der Waals surface area contributed by atoms with Crippen molar-refractivity contribution in [3.8, 4) is 17.2 Å². The molecule has 0 radical (unpaired) electrons. The van der Waals surface area contributed by atoms with Crippen molar-refractivity contribution >= 4 is 5.91 Å². The van der Waals surface area contributed by atoms with E-state index in [0.29, 0.717) is 13.0 Å². The molecule has 150 valence electrons. The molecule has 1 amide bonds.